The third-order valence-corrected chi connectivity index (χ3v) is 7.20. The van der Waals surface area contributed by atoms with Crippen LogP contribution in [0, 0.1) is 0 Å². The van der Waals surface area contributed by atoms with E-state index in [1.165, 1.54) is 28.5 Å². The average molecular weight is 411 g/mol. The van der Waals surface area contributed by atoms with E-state index < -0.39 is 15.9 Å². The molecule has 0 saturated carbocycles. The van der Waals surface area contributed by atoms with Crippen LogP contribution in [0.5, 0.6) is 0 Å². The maximum Gasteiger partial charge on any atom is 0.233 e. The number of aromatic nitrogens is 2. The van der Waals surface area contributed by atoms with Gasteiger partial charge in [0, 0.05) is 19.0 Å². The quantitative estimate of drug-likeness (QED) is 0.698. The molecule has 0 saturated heterocycles. The first-order valence-electron chi connectivity index (χ1n) is 7.85. The van der Waals surface area contributed by atoms with Crippen LogP contribution in [-0.2, 0) is 21.2 Å². The molecule has 7 nitrogen and oxygen atoms in total. The molecule has 0 radical (unpaired) electrons. The molecule has 0 aliphatic carbocycles. The van der Waals surface area contributed by atoms with E-state index in [-0.39, 0.29) is 17.4 Å². The van der Waals surface area contributed by atoms with Gasteiger partial charge in [-0.25, -0.2) is 8.42 Å². The normalized spacial score (nSPS) is 18.0. The van der Waals surface area contributed by atoms with Crippen molar-refractivity contribution in [2.75, 3.05) is 23.9 Å². The second-order valence-electron chi connectivity index (χ2n) is 5.64. The van der Waals surface area contributed by atoms with Gasteiger partial charge in [-0.3, -0.25) is 4.79 Å². The zero-order chi connectivity index (χ0) is 18.6. The molecule has 10 heteroatoms. The molecule has 1 aromatic heterocycles. The van der Waals surface area contributed by atoms with Crippen LogP contribution in [0.15, 0.2) is 46.2 Å². The lowest BCUT2D eigenvalue weighted by molar-refractivity contribution is -0.130. The first kappa shape index (κ1) is 18.9. The zero-order valence-corrected chi connectivity index (χ0v) is 16.5. The number of carbonyl (C=O) groups is 1. The standard InChI is InChI=1S/C16H18N4O3S3/c1-17-15-18-19-16(25-15)24-10-14(21)20(9-12-5-3-2-4-6-12)13-7-8-26(22,23)11-13/h2-8,13H,9-11H2,1H3,(H,17,18)/t13-/m0/s1. The highest BCUT2D eigenvalue weighted by Gasteiger charge is 2.30. The Bertz CT molecular complexity index is 896. The third-order valence-electron chi connectivity index (χ3n) is 3.77. The largest absolute Gasteiger partial charge is 0.363 e. The predicted molar refractivity (Wildman–Crippen MR) is 104 cm³/mol. The molecule has 26 heavy (non-hydrogen) atoms. The van der Waals surface area contributed by atoms with Crippen molar-refractivity contribution in [3.63, 3.8) is 0 Å². The predicted octanol–water partition coefficient (Wildman–Crippen LogP) is 2.01. The summed E-state index contributed by atoms with van der Waals surface area (Å²) in [5, 5.41) is 12.7. The number of amides is 1. The van der Waals surface area contributed by atoms with E-state index in [4.69, 9.17) is 0 Å². The highest BCUT2D eigenvalue weighted by atomic mass is 32.2. The minimum absolute atomic E-state index is 0.0705. The SMILES string of the molecule is CNc1nnc(SCC(=O)N(Cc2ccccc2)[C@H]2C=CS(=O)(=O)C2)s1. The van der Waals surface area contributed by atoms with Crippen LogP contribution in [0.1, 0.15) is 5.56 Å². The molecule has 0 unspecified atom stereocenters. The molecule has 1 aromatic carbocycles. The van der Waals surface area contributed by atoms with Crippen molar-refractivity contribution >= 4 is 44.0 Å². The van der Waals surface area contributed by atoms with Gasteiger partial charge < -0.3 is 10.2 Å². The number of anilines is 1. The second kappa shape index (κ2) is 8.19. The van der Waals surface area contributed by atoms with E-state index in [1.54, 1.807) is 18.0 Å². The van der Waals surface area contributed by atoms with Crippen molar-refractivity contribution in [2.45, 2.75) is 16.9 Å². The molecule has 1 N–H and O–H groups in total. The number of rotatable bonds is 7. The summed E-state index contributed by atoms with van der Waals surface area (Å²) in [6.07, 6.45) is 1.59. The molecule has 2 aromatic rings. The minimum Gasteiger partial charge on any atom is -0.363 e. The third kappa shape index (κ3) is 4.83. The maximum atomic E-state index is 12.8. The molecule has 0 fully saturated rings. The fourth-order valence-corrected chi connectivity index (χ4v) is 5.39. The summed E-state index contributed by atoms with van der Waals surface area (Å²) in [5.74, 6) is -0.0269. The summed E-state index contributed by atoms with van der Waals surface area (Å²) < 4.78 is 24.3. The maximum absolute atomic E-state index is 12.8. The molecule has 3 rings (SSSR count). The van der Waals surface area contributed by atoms with Crippen LogP contribution in [0.3, 0.4) is 0 Å². The van der Waals surface area contributed by atoms with Crippen LogP contribution in [-0.4, -0.2) is 54.0 Å². The van der Waals surface area contributed by atoms with E-state index in [1.807, 2.05) is 30.3 Å². The summed E-state index contributed by atoms with van der Waals surface area (Å²) in [4.78, 5) is 14.4. The summed E-state index contributed by atoms with van der Waals surface area (Å²) in [6, 6.07) is 9.09. The molecule has 1 aliphatic rings. The molecule has 138 valence electrons. The van der Waals surface area contributed by atoms with Gasteiger partial charge in [-0.2, -0.15) is 0 Å². The smallest absolute Gasteiger partial charge is 0.233 e. The van der Waals surface area contributed by atoms with E-state index >= 15 is 0 Å². The Morgan fingerprint density at radius 1 is 1.35 bits per heavy atom. The molecule has 1 atom stereocenters. The number of nitrogens with one attached hydrogen (secondary N) is 1. The number of hydrogen-bond acceptors (Lipinski definition) is 8. The fourth-order valence-electron chi connectivity index (χ4n) is 2.50. The molecule has 1 aliphatic heterocycles. The van der Waals surface area contributed by atoms with Crippen LogP contribution >= 0.6 is 23.1 Å². The van der Waals surface area contributed by atoms with Gasteiger partial charge in [-0.1, -0.05) is 53.4 Å². The van der Waals surface area contributed by atoms with Crippen molar-refractivity contribution in [1.82, 2.24) is 15.1 Å². The first-order chi connectivity index (χ1) is 12.5. The Kier molecular flexibility index (Phi) is 5.94. The van der Waals surface area contributed by atoms with Gasteiger partial charge >= 0.3 is 0 Å². The lowest BCUT2D eigenvalue weighted by Crippen LogP contribution is -2.41. The van der Waals surface area contributed by atoms with Crippen LogP contribution in [0.4, 0.5) is 5.13 Å². The second-order valence-corrected chi connectivity index (χ2v) is 9.78. The van der Waals surface area contributed by atoms with Gasteiger partial charge in [0.2, 0.25) is 11.0 Å². The van der Waals surface area contributed by atoms with Gasteiger partial charge in [0.05, 0.1) is 17.5 Å². The van der Waals surface area contributed by atoms with Crippen LogP contribution in [0.2, 0.25) is 0 Å². The number of carbonyl (C=O) groups excluding carboxylic acids is 1. The summed E-state index contributed by atoms with van der Waals surface area (Å²) in [6.45, 7) is 0.364. The lowest BCUT2D eigenvalue weighted by atomic mass is 10.2. The number of benzene rings is 1. The molecular formula is C16H18N4O3S3. The Labute approximate surface area is 160 Å². The minimum atomic E-state index is -3.24. The molecular weight excluding hydrogens is 392 g/mol. The monoisotopic (exact) mass is 410 g/mol. The topological polar surface area (TPSA) is 92.3 Å². The van der Waals surface area contributed by atoms with Crippen LogP contribution < -0.4 is 5.32 Å². The van der Waals surface area contributed by atoms with Crippen molar-refractivity contribution in [1.29, 1.82) is 0 Å². The van der Waals surface area contributed by atoms with E-state index in [0.29, 0.717) is 16.0 Å². The first-order valence-corrected chi connectivity index (χ1v) is 11.4. The Balaban J connectivity index is 1.71. The molecule has 1 amide bonds. The highest BCUT2D eigenvalue weighted by Crippen LogP contribution is 2.26. The lowest BCUT2D eigenvalue weighted by Gasteiger charge is -2.27. The Morgan fingerprint density at radius 2 is 2.12 bits per heavy atom. The Hall–Kier alpha value is -1.91. The summed E-state index contributed by atoms with van der Waals surface area (Å²) in [7, 11) is -1.48. The van der Waals surface area contributed by atoms with Crippen LogP contribution in [0.25, 0.3) is 0 Å². The van der Waals surface area contributed by atoms with E-state index in [2.05, 4.69) is 15.5 Å². The van der Waals surface area contributed by atoms with Crippen molar-refractivity contribution in [3.8, 4) is 0 Å². The van der Waals surface area contributed by atoms with Gasteiger partial charge in [0.15, 0.2) is 14.2 Å². The summed E-state index contributed by atoms with van der Waals surface area (Å²) >= 11 is 2.67. The number of sulfone groups is 1. The molecule has 0 bridgehead atoms. The molecule has 2 heterocycles. The van der Waals surface area contributed by atoms with Crippen molar-refractivity contribution in [3.05, 3.63) is 47.4 Å². The van der Waals surface area contributed by atoms with E-state index in [0.717, 1.165) is 5.56 Å². The van der Waals surface area contributed by atoms with Gasteiger partial charge in [-0.05, 0) is 11.6 Å². The van der Waals surface area contributed by atoms with Crippen molar-refractivity contribution in [2.24, 2.45) is 0 Å². The highest BCUT2D eigenvalue weighted by molar-refractivity contribution is 8.01. The number of hydrogen-bond donors (Lipinski definition) is 1. The summed E-state index contributed by atoms with van der Waals surface area (Å²) in [5.41, 5.74) is 0.955. The number of thioether (sulfide) groups is 1. The van der Waals surface area contributed by atoms with Gasteiger partial charge in [-0.15, -0.1) is 10.2 Å². The van der Waals surface area contributed by atoms with Crippen molar-refractivity contribution < 1.29 is 13.2 Å². The fraction of sp³-hybridized carbons (Fsp3) is 0.312. The van der Waals surface area contributed by atoms with Gasteiger partial charge in [0.1, 0.15) is 0 Å². The molecule has 0 spiro atoms. The number of nitrogens with zero attached hydrogens (tertiary/aromatic N) is 3. The van der Waals surface area contributed by atoms with E-state index in [9.17, 15) is 13.2 Å². The average Bonchev–Trinajstić information content (AvgIpc) is 3.24. The zero-order valence-electron chi connectivity index (χ0n) is 14.0. The Morgan fingerprint density at radius 3 is 2.73 bits per heavy atom. The van der Waals surface area contributed by atoms with Gasteiger partial charge in [0.25, 0.3) is 0 Å².